The van der Waals surface area contributed by atoms with Gasteiger partial charge in [0.1, 0.15) is 11.1 Å². The Morgan fingerprint density at radius 3 is 2.67 bits per heavy atom. The van der Waals surface area contributed by atoms with Crippen molar-refractivity contribution in [1.82, 2.24) is 4.98 Å². The van der Waals surface area contributed by atoms with E-state index in [4.69, 9.17) is 0 Å². The summed E-state index contributed by atoms with van der Waals surface area (Å²) in [6.45, 7) is 3.63. The molecule has 5 heteroatoms. The molecule has 118 valence electrons. The second-order valence-corrected chi connectivity index (χ2v) is 7.35. The minimum atomic E-state index is -1.40. The molecule has 1 atom stereocenters. The molecule has 2 aromatic heterocycles. The summed E-state index contributed by atoms with van der Waals surface area (Å²) >= 11 is 1.56. The first kappa shape index (κ1) is 16.3. The van der Waals surface area contributed by atoms with E-state index in [2.05, 4.69) is 17.6 Å². The third kappa shape index (κ3) is 3.21. The number of pyridine rings is 1. The Morgan fingerprint density at radius 2 is 2.04 bits per heavy atom. The van der Waals surface area contributed by atoms with E-state index >= 15 is 0 Å². The molecule has 0 spiro atoms. The predicted octanol–water partition coefficient (Wildman–Crippen LogP) is 4.64. The van der Waals surface area contributed by atoms with E-state index in [9.17, 15) is 9.47 Å². The number of hydrogen-bond donors (Lipinski definition) is 0. The average Bonchev–Trinajstić information content (AvgIpc) is 3.16. The lowest BCUT2D eigenvalue weighted by Crippen LogP contribution is -2.04. The van der Waals surface area contributed by atoms with Crippen LogP contribution in [0, 0.1) is 11.3 Å². The summed E-state index contributed by atoms with van der Waals surface area (Å²) in [5, 5.41) is 11.9. The number of benzene rings is 1. The van der Waals surface area contributed by atoms with Gasteiger partial charge in [-0.15, -0.1) is 17.9 Å². The van der Waals surface area contributed by atoms with Gasteiger partial charge in [0.25, 0.3) is 0 Å². The molecule has 3 aromatic rings. The smallest absolute Gasteiger partial charge is 0.146 e. The van der Waals surface area contributed by atoms with Crippen molar-refractivity contribution in [3.63, 3.8) is 0 Å². The van der Waals surface area contributed by atoms with Crippen LogP contribution in [0.1, 0.15) is 5.56 Å². The highest BCUT2D eigenvalue weighted by atomic mass is 32.2. The lowest BCUT2D eigenvalue weighted by Gasteiger charge is -2.11. The van der Waals surface area contributed by atoms with E-state index in [-0.39, 0.29) is 5.75 Å². The van der Waals surface area contributed by atoms with Crippen molar-refractivity contribution < 1.29 is 4.21 Å². The van der Waals surface area contributed by atoms with E-state index in [1.54, 1.807) is 17.4 Å². The first-order valence-corrected chi connectivity index (χ1v) is 9.48. The highest BCUT2D eigenvalue weighted by Gasteiger charge is 2.19. The predicted molar refractivity (Wildman–Crippen MR) is 99.2 cm³/mol. The lowest BCUT2D eigenvalue weighted by molar-refractivity contribution is 0.682. The van der Waals surface area contributed by atoms with Crippen LogP contribution in [0.2, 0.25) is 0 Å². The van der Waals surface area contributed by atoms with Crippen molar-refractivity contribution in [2.75, 3.05) is 5.75 Å². The summed E-state index contributed by atoms with van der Waals surface area (Å²) in [5.74, 6) is 0.268. The van der Waals surface area contributed by atoms with Crippen molar-refractivity contribution in [3.05, 3.63) is 72.1 Å². The Hall–Kier alpha value is -2.55. The summed E-state index contributed by atoms with van der Waals surface area (Å²) in [7, 11) is -1.40. The summed E-state index contributed by atoms with van der Waals surface area (Å²) < 4.78 is 12.6. The van der Waals surface area contributed by atoms with Crippen LogP contribution in [0.15, 0.2) is 71.6 Å². The van der Waals surface area contributed by atoms with Crippen LogP contribution < -0.4 is 0 Å². The molecule has 0 amide bonds. The Labute approximate surface area is 147 Å². The number of aromatic nitrogens is 1. The van der Waals surface area contributed by atoms with Gasteiger partial charge in [-0.1, -0.05) is 42.5 Å². The molecule has 24 heavy (non-hydrogen) atoms. The van der Waals surface area contributed by atoms with Gasteiger partial charge in [-0.25, -0.2) is 4.98 Å². The van der Waals surface area contributed by atoms with Gasteiger partial charge in [0.15, 0.2) is 0 Å². The fourth-order valence-electron chi connectivity index (χ4n) is 2.38. The zero-order valence-electron chi connectivity index (χ0n) is 12.8. The Morgan fingerprint density at radius 1 is 1.25 bits per heavy atom. The van der Waals surface area contributed by atoms with E-state index in [0.717, 1.165) is 21.7 Å². The van der Waals surface area contributed by atoms with E-state index < -0.39 is 10.8 Å². The molecule has 0 radical (unpaired) electrons. The van der Waals surface area contributed by atoms with E-state index in [0.29, 0.717) is 10.6 Å². The first-order valence-electron chi connectivity index (χ1n) is 7.28. The number of nitriles is 1. The molecule has 0 aliphatic rings. The Balaban J connectivity index is 2.29. The van der Waals surface area contributed by atoms with Gasteiger partial charge in [-0.05, 0) is 23.1 Å². The molecule has 1 aromatic carbocycles. The second-order valence-electron chi connectivity index (χ2n) is 4.99. The third-order valence-corrected chi connectivity index (χ3v) is 5.60. The molecule has 0 saturated carbocycles. The van der Waals surface area contributed by atoms with Crippen molar-refractivity contribution in [1.29, 1.82) is 5.26 Å². The number of rotatable bonds is 5. The standard InChI is InChI=1S/C19H14N2OS2/c1-2-11-24(22)19-16(13-20)15(14-7-4-3-5-8-14)12-17(21-19)18-9-6-10-23-18/h2-10,12H,1,11H2. The van der Waals surface area contributed by atoms with Crippen LogP contribution in [-0.2, 0) is 10.8 Å². The molecule has 2 heterocycles. The average molecular weight is 350 g/mol. The Bertz CT molecular complexity index is 926. The zero-order chi connectivity index (χ0) is 16.9. The number of thiophene rings is 1. The van der Waals surface area contributed by atoms with Crippen molar-refractivity contribution in [3.8, 4) is 27.8 Å². The summed E-state index contributed by atoms with van der Waals surface area (Å²) in [4.78, 5) is 5.51. The van der Waals surface area contributed by atoms with Gasteiger partial charge >= 0.3 is 0 Å². The maximum absolute atomic E-state index is 12.6. The van der Waals surface area contributed by atoms with Crippen molar-refractivity contribution >= 4 is 22.1 Å². The van der Waals surface area contributed by atoms with E-state index in [1.807, 2.05) is 53.9 Å². The van der Waals surface area contributed by atoms with Crippen LogP contribution in [0.3, 0.4) is 0 Å². The molecule has 0 saturated heterocycles. The third-order valence-electron chi connectivity index (χ3n) is 3.44. The quantitative estimate of drug-likeness (QED) is 0.630. The summed E-state index contributed by atoms with van der Waals surface area (Å²) in [6, 6.07) is 17.6. The fraction of sp³-hybridized carbons (Fsp3) is 0.0526. The highest BCUT2D eigenvalue weighted by Crippen LogP contribution is 2.33. The largest absolute Gasteiger partial charge is 0.252 e. The molecule has 0 bridgehead atoms. The molecule has 1 unspecified atom stereocenters. The van der Waals surface area contributed by atoms with Gasteiger partial charge in [0.05, 0.1) is 26.9 Å². The van der Waals surface area contributed by atoms with Gasteiger partial charge in [0.2, 0.25) is 0 Å². The lowest BCUT2D eigenvalue weighted by atomic mass is 10.0. The maximum atomic E-state index is 12.6. The van der Waals surface area contributed by atoms with Crippen LogP contribution in [0.5, 0.6) is 0 Å². The fourth-order valence-corrected chi connectivity index (χ4v) is 4.02. The minimum absolute atomic E-state index is 0.268. The normalized spacial score (nSPS) is 11.6. The first-order chi connectivity index (χ1) is 11.7. The van der Waals surface area contributed by atoms with Gasteiger partial charge in [-0.2, -0.15) is 5.26 Å². The van der Waals surface area contributed by atoms with Crippen molar-refractivity contribution in [2.45, 2.75) is 5.03 Å². The molecule has 3 rings (SSSR count). The molecule has 0 aliphatic carbocycles. The molecule has 0 aliphatic heterocycles. The number of hydrogen-bond acceptors (Lipinski definition) is 4. The number of nitrogens with zero attached hydrogens (tertiary/aromatic N) is 2. The van der Waals surface area contributed by atoms with Gasteiger partial charge in [-0.3, -0.25) is 4.21 Å². The molecule has 0 fully saturated rings. The SMILES string of the molecule is C=CCS(=O)c1nc(-c2cccs2)cc(-c2ccccc2)c1C#N. The minimum Gasteiger partial charge on any atom is -0.252 e. The van der Waals surface area contributed by atoms with Crippen LogP contribution in [0.4, 0.5) is 0 Å². The summed E-state index contributed by atoms with van der Waals surface area (Å²) in [5.41, 5.74) is 2.76. The van der Waals surface area contributed by atoms with Crippen LogP contribution >= 0.6 is 11.3 Å². The van der Waals surface area contributed by atoms with Crippen LogP contribution in [0.25, 0.3) is 21.7 Å². The van der Waals surface area contributed by atoms with Crippen LogP contribution in [-0.4, -0.2) is 14.9 Å². The highest BCUT2D eigenvalue weighted by molar-refractivity contribution is 7.85. The van der Waals surface area contributed by atoms with E-state index in [1.165, 1.54) is 0 Å². The monoisotopic (exact) mass is 350 g/mol. The Kier molecular flexibility index (Phi) is 4.99. The molecule has 3 nitrogen and oxygen atoms in total. The zero-order valence-corrected chi connectivity index (χ0v) is 14.4. The van der Waals surface area contributed by atoms with Gasteiger partial charge < -0.3 is 0 Å². The van der Waals surface area contributed by atoms with Gasteiger partial charge in [0, 0.05) is 11.3 Å². The summed E-state index contributed by atoms with van der Waals surface area (Å²) in [6.07, 6.45) is 1.58. The molecule has 0 N–H and O–H groups in total. The topological polar surface area (TPSA) is 53.8 Å². The second kappa shape index (κ2) is 7.35. The molecular weight excluding hydrogens is 336 g/mol. The van der Waals surface area contributed by atoms with Crippen molar-refractivity contribution in [2.24, 2.45) is 0 Å². The molecular formula is C19H14N2OS2. The maximum Gasteiger partial charge on any atom is 0.146 e.